The largest absolute Gasteiger partial charge is 0.496 e. The van der Waals surface area contributed by atoms with Gasteiger partial charge in [-0.05, 0) is 12.3 Å². The molecule has 1 aromatic rings. The number of rotatable bonds is 2. The topological polar surface area (TPSA) is 55.6 Å². The third-order valence-corrected chi connectivity index (χ3v) is 4.18. The maximum Gasteiger partial charge on any atom is 0.264 e. The van der Waals surface area contributed by atoms with Crippen molar-refractivity contribution in [2.24, 2.45) is 11.7 Å². The molecule has 2 atom stereocenters. The van der Waals surface area contributed by atoms with E-state index in [0.29, 0.717) is 5.92 Å². The average Bonchev–Trinajstić information content (AvgIpc) is 2.80. The highest BCUT2D eigenvalue weighted by Gasteiger charge is 2.27. The molecular weight excluding hydrogens is 272 g/mol. The van der Waals surface area contributed by atoms with E-state index < -0.39 is 0 Å². The van der Waals surface area contributed by atoms with Crippen molar-refractivity contribution in [1.82, 2.24) is 4.90 Å². The SMILES string of the molecule is COc1csc(C(=O)N2CCC(N)C(C)C2)c1.Cl. The van der Waals surface area contributed by atoms with Gasteiger partial charge in [0.1, 0.15) is 5.75 Å². The number of piperidine rings is 1. The smallest absolute Gasteiger partial charge is 0.264 e. The van der Waals surface area contributed by atoms with Crippen LogP contribution in [0.25, 0.3) is 0 Å². The number of amides is 1. The summed E-state index contributed by atoms with van der Waals surface area (Å²) in [5.74, 6) is 1.21. The summed E-state index contributed by atoms with van der Waals surface area (Å²) in [6.45, 7) is 3.60. The fourth-order valence-corrected chi connectivity index (χ4v) is 2.86. The number of likely N-dealkylation sites (tertiary alicyclic amines) is 1. The maximum atomic E-state index is 12.2. The molecule has 1 aliphatic heterocycles. The van der Waals surface area contributed by atoms with Crippen LogP contribution in [0.4, 0.5) is 0 Å². The highest BCUT2D eigenvalue weighted by atomic mass is 35.5. The third kappa shape index (κ3) is 3.16. The van der Waals surface area contributed by atoms with Crippen LogP contribution in [0.1, 0.15) is 23.0 Å². The van der Waals surface area contributed by atoms with Gasteiger partial charge in [-0.1, -0.05) is 6.92 Å². The second kappa shape index (κ2) is 6.41. The number of carbonyl (C=O) groups excluding carboxylic acids is 1. The van der Waals surface area contributed by atoms with Gasteiger partial charge in [-0.3, -0.25) is 4.79 Å². The summed E-state index contributed by atoms with van der Waals surface area (Å²) in [6.07, 6.45) is 0.884. The number of methoxy groups -OCH3 is 1. The number of halogens is 1. The molecule has 0 aliphatic carbocycles. The van der Waals surface area contributed by atoms with Gasteiger partial charge < -0.3 is 15.4 Å². The Labute approximate surface area is 118 Å². The van der Waals surface area contributed by atoms with Gasteiger partial charge in [0.2, 0.25) is 0 Å². The Balaban J connectivity index is 0.00000162. The molecule has 0 radical (unpaired) electrons. The maximum absolute atomic E-state index is 12.2. The summed E-state index contributed by atoms with van der Waals surface area (Å²) in [4.78, 5) is 14.8. The van der Waals surface area contributed by atoms with E-state index in [0.717, 1.165) is 30.1 Å². The first kappa shape index (κ1) is 15.3. The first-order valence-electron chi connectivity index (χ1n) is 5.79. The van der Waals surface area contributed by atoms with E-state index in [1.165, 1.54) is 11.3 Å². The Kier molecular flexibility index (Phi) is 5.44. The Morgan fingerprint density at radius 3 is 2.89 bits per heavy atom. The Hall–Kier alpha value is -0.780. The van der Waals surface area contributed by atoms with Gasteiger partial charge in [0.25, 0.3) is 5.91 Å². The van der Waals surface area contributed by atoms with Crippen molar-refractivity contribution < 1.29 is 9.53 Å². The fraction of sp³-hybridized carbons (Fsp3) is 0.583. The molecule has 6 heteroatoms. The van der Waals surface area contributed by atoms with Crippen LogP contribution in [0.15, 0.2) is 11.4 Å². The minimum atomic E-state index is 0. The zero-order valence-corrected chi connectivity index (χ0v) is 12.2. The lowest BCUT2D eigenvalue weighted by Crippen LogP contribution is -2.48. The van der Waals surface area contributed by atoms with Crippen molar-refractivity contribution in [3.63, 3.8) is 0 Å². The van der Waals surface area contributed by atoms with Crippen LogP contribution >= 0.6 is 23.7 Å². The molecule has 0 spiro atoms. The van der Waals surface area contributed by atoms with Crippen LogP contribution in [0.2, 0.25) is 0 Å². The van der Waals surface area contributed by atoms with Gasteiger partial charge >= 0.3 is 0 Å². The van der Waals surface area contributed by atoms with E-state index in [4.69, 9.17) is 10.5 Å². The molecule has 18 heavy (non-hydrogen) atoms. The third-order valence-electron chi connectivity index (χ3n) is 3.28. The van der Waals surface area contributed by atoms with E-state index in [2.05, 4.69) is 6.92 Å². The summed E-state index contributed by atoms with van der Waals surface area (Å²) in [5, 5.41) is 1.85. The van der Waals surface area contributed by atoms with Gasteiger partial charge in [0, 0.05) is 30.6 Å². The van der Waals surface area contributed by atoms with Crippen LogP contribution in [-0.2, 0) is 0 Å². The molecule has 0 bridgehead atoms. The minimum absolute atomic E-state index is 0. The first-order chi connectivity index (χ1) is 8.11. The normalized spacial score (nSPS) is 23.4. The van der Waals surface area contributed by atoms with Gasteiger partial charge in [-0.15, -0.1) is 23.7 Å². The highest BCUT2D eigenvalue weighted by molar-refractivity contribution is 7.12. The Bertz CT molecular complexity index is 411. The fourth-order valence-electron chi connectivity index (χ4n) is 2.04. The van der Waals surface area contributed by atoms with Crippen molar-refractivity contribution >= 4 is 29.7 Å². The first-order valence-corrected chi connectivity index (χ1v) is 6.67. The van der Waals surface area contributed by atoms with Crippen LogP contribution in [-0.4, -0.2) is 37.0 Å². The van der Waals surface area contributed by atoms with E-state index in [1.807, 2.05) is 10.3 Å². The number of hydrogen-bond donors (Lipinski definition) is 1. The molecule has 0 aromatic carbocycles. The van der Waals surface area contributed by atoms with Crippen molar-refractivity contribution in [1.29, 1.82) is 0 Å². The lowest BCUT2D eigenvalue weighted by atomic mass is 9.95. The highest BCUT2D eigenvalue weighted by Crippen LogP contribution is 2.24. The van der Waals surface area contributed by atoms with E-state index >= 15 is 0 Å². The predicted octanol–water partition coefficient (Wildman–Crippen LogP) is 1.99. The standard InChI is InChI=1S/C12H18N2O2S.ClH/c1-8-6-14(4-3-10(8)13)12(15)11-5-9(16-2)7-17-11;/h5,7-8,10H,3-4,6,13H2,1-2H3;1H. The van der Waals surface area contributed by atoms with E-state index in [-0.39, 0.29) is 24.4 Å². The summed E-state index contributed by atoms with van der Waals surface area (Å²) in [7, 11) is 1.61. The number of hydrogen-bond acceptors (Lipinski definition) is 4. The van der Waals surface area contributed by atoms with Crippen molar-refractivity contribution in [2.75, 3.05) is 20.2 Å². The lowest BCUT2D eigenvalue weighted by molar-refractivity contribution is 0.0669. The van der Waals surface area contributed by atoms with Crippen LogP contribution < -0.4 is 10.5 Å². The van der Waals surface area contributed by atoms with Crippen molar-refractivity contribution in [3.8, 4) is 5.75 Å². The van der Waals surface area contributed by atoms with Crippen LogP contribution in [0, 0.1) is 5.92 Å². The molecule has 102 valence electrons. The van der Waals surface area contributed by atoms with Gasteiger partial charge in [0.05, 0.1) is 12.0 Å². The molecular formula is C12H19ClN2O2S. The van der Waals surface area contributed by atoms with E-state index in [1.54, 1.807) is 13.2 Å². The Morgan fingerprint density at radius 1 is 1.61 bits per heavy atom. The summed E-state index contributed by atoms with van der Waals surface area (Å²) < 4.78 is 5.09. The predicted molar refractivity (Wildman–Crippen MR) is 75.8 cm³/mol. The number of thiophene rings is 1. The van der Waals surface area contributed by atoms with Crippen LogP contribution in [0.3, 0.4) is 0 Å². The summed E-state index contributed by atoms with van der Waals surface area (Å²) >= 11 is 1.43. The van der Waals surface area contributed by atoms with Crippen molar-refractivity contribution in [2.45, 2.75) is 19.4 Å². The number of carbonyl (C=O) groups is 1. The molecule has 2 N–H and O–H groups in total. The minimum Gasteiger partial charge on any atom is -0.496 e. The lowest BCUT2D eigenvalue weighted by Gasteiger charge is -2.34. The summed E-state index contributed by atoms with van der Waals surface area (Å²) in [5.41, 5.74) is 5.95. The monoisotopic (exact) mass is 290 g/mol. The number of nitrogens with zero attached hydrogens (tertiary/aromatic N) is 1. The second-order valence-electron chi connectivity index (χ2n) is 4.53. The second-order valence-corrected chi connectivity index (χ2v) is 5.44. The van der Waals surface area contributed by atoms with Crippen molar-refractivity contribution in [3.05, 3.63) is 16.3 Å². The zero-order chi connectivity index (χ0) is 12.4. The summed E-state index contributed by atoms with van der Waals surface area (Å²) in [6, 6.07) is 2.02. The van der Waals surface area contributed by atoms with Gasteiger partial charge in [-0.25, -0.2) is 0 Å². The molecule has 1 amide bonds. The quantitative estimate of drug-likeness (QED) is 0.906. The number of nitrogens with two attached hydrogens (primary N) is 1. The van der Waals surface area contributed by atoms with Gasteiger partial charge in [0.15, 0.2) is 0 Å². The molecule has 1 saturated heterocycles. The zero-order valence-electron chi connectivity index (χ0n) is 10.6. The molecule has 1 aromatic heterocycles. The molecule has 4 nitrogen and oxygen atoms in total. The van der Waals surface area contributed by atoms with Crippen LogP contribution in [0.5, 0.6) is 5.75 Å². The molecule has 2 unspecified atom stereocenters. The van der Waals surface area contributed by atoms with E-state index in [9.17, 15) is 4.79 Å². The molecule has 2 rings (SSSR count). The number of ether oxygens (including phenoxy) is 1. The van der Waals surface area contributed by atoms with Gasteiger partial charge in [-0.2, -0.15) is 0 Å². The molecule has 0 saturated carbocycles. The molecule has 2 heterocycles. The average molecular weight is 291 g/mol. The molecule has 1 aliphatic rings. The Morgan fingerprint density at radius 2 is 2.33 bits per heavy atom. The molecule has 1 fully saturated rings.